The normalized spacial score (nSPS) is 23.8. The Morgan fingerprint density at radius 1 is 1.18 bits per heavy atom. The molecule has 3 aromatic heterocycles. The van der Waals surface area contributed by atoms with Crippen LogP contribution in [0.3, 0.4) is 0 Å². The van der Waals surface area contributed by atoms with Gasteiger partial charge < -0.3 is 24.7 Å². The Morgan fingerprint density at radius 2 is 2.00 bits per heavy atom. The first-order valence-electron chi connectivity index (χ1n) is 19.7. The fourth-order valence-electron chi connectivity index (χ4n) is 8.53. The smallest absolute Gasteiger partial charge is 0.324 e. The van der Waals surface area contributed by atoms with Crippen molar-refractivity contribution >= 4 is 40.0 Å². The Labute approximate surface area is 327 Å². The lowest BCUT2D eigenvalue weighted by Gasteiger charge is -2.36. The maximum Gasteiger partial charge on any atom is 0.324 e. The fourth-order valence-corrected chi connectivity index (χ4v) is 9.38. The fraction of sp³-hybridized carbons (Fsp3) is 0.548. The number of fused-ring (bicyclic) bond motifs is 6. The topological polar surface area (TPSA) is 140 Å². The van der Waals surface area contributed by atoms with Crippen LogP contribution < -0.4 is 16.1 Å². The first-order chi connectivity index (χ1) is 26.4. The monoisotopic (exact) mass is 769 g/mol. The lowest BCUT2D eigenvalue weighted by molar-refractivity contribution is -0.155. The number of nitrogens with zero attached hydrogens (tertiary/aromatic N) is 4. The first kappa shape index (κ1) is 39.1. The highest BCUT2D eigenvalue weighted by Gasteiger charge is 2.39. The van der Waals surface area contributed by atoms with E-state index in [1.54, 1.807) is 13.3 Å². The molecule has 3 aliphatic rings. The number of methoxy groups -OCH3 is 1. The summed E-state index contributed by atoms with van der Waals surface area (Å²) in [5, 5.41) is 11.9. The predicted molar refractivity (Wildman–Crippen MR) is 214 cm³/mol. The molecule has 0 spiro atoms. The minimum Gasteiger partial charge on any atom is -0.464 e. The van der Waals surface area contributed by atoms with E-state index < -0.39 is 23.5 Å². The standard InChI is InChI=1S/C42H55N7O5S/c1-8-48-35-14-13-26-17-28(35)29(38(48)27-11-9-15-44-37(27)25(4)53-7)19-42(5,6)23-54-41(52)32-12-10-16-49(47-32)40(51)33(18-36-45-34(26)22-55-36)46-39(50)31-21-43-20-30(31)24(2)3/h9,11,13-15,17,22,24-25,30-33,43,47H,8,10,12,16,18-21,23H2,1-7H3,(H,46,50)/t25-,30?,31+,32-,33-/m0/s1. The molecule has 6 heterocycles. The highest BCUT2D eigenvalue weighted by atomic mass is 32.1. The summed E-state index contributed by atoms with van der Waals surface area (Å²) in [4.78, 5) is 51.7. The highest BCUT2D eigenvalue weighted by molar-refractivity contribution is 7.10. The van der Waals surface area contributed by atoms with E-state index in [0.29, 0.717) is 38.3 Å². The van der Waals surface area contributed by atoms with Crippen LogP contribution in [0.5, 0.6) is 0 Å². The molecule has 1 unspecified atom stereocenters. The summed E-state index contributed by atoms with van der Waals surface area (Å²) < 4.78 is 14.2. The van der Waals surface area contributed by atoms with Gasteiger partial charge in [0.05, 0.1) is 40.7 Å². The maximum absolute atomic E-state index is 14.3. The maximum atomic E-state index is 14.3. The second kappa shape index (κ2) is 16.1. The van der Waals surface area contributed by atoms with E-state index in [9.17, 15) is 14.4 Å². The number of hydrogen-bond donors (Lipinski definition) is 3. The van der Waals surface area contributed by atoms with Crippen LogP contribution in [0.2, 0.25) is 0 Å². The number of hydrogen-bond acceptors (Lipinski definition) is 10. The molecule has 2 amide bonds. The molecule has 0 radical (unpaired) electrons. The number of esters is 1. The molecule has 6 bridgehead atoms. The molecule has 0 saturated carbocycles. The summed E-state index contributed by atoms with van der Waals surface area (Å²) in [5.74, 6) is -0.564. The van der Waals surface area contributed by atoms with E-state index >= 15 is 0 Å². The molecule has 3 aliphatic heterocycles. The van der Waals surface area contributed by atoms with Gasteiger partial charge in [0.2, 0.25) is 5.91 Å². The second-order valence-corrected chi connectivity index (χ2v) is 17.4. The van der Waals surface area contributed by atoms with Crippen LogP contribution in [0.15, 0.2) is 41.9 Å². The van der Waals surface area contributed by atoms with Crippen LogP contribution >= 0.6 is 11.3 Å². The molecule has 2 fully saturated rings. The number of benzene rings is 1. The largest absolute Gasteiger partial charge is 0.464 e. The molecule has 55 heavy (non-hydrogen) atoms. The molecule has 12 nitrogen and oxygen atoms in total. The molecule has 0 aliphatic carbocycles. The lowest BCUT2D eigenvalue weighted by Crippen LogP contribution is -2.61. The van der Waals surface area contributed by atoms with Gasteiger partial charge in [0.15, 0.2) is 0 Å². The van der Waals surface area contributed by atoms with Crippen molar-refractivity contribution in [3.63, 3.8) is 0 Å². The van der Waals surface area contributed by atoms with E-state index in [2.05, 4.69) is 79.5 Å². The Kier molecular flexibility index (Phi) is 11.5. The van der Waals surface area contributed by atoms with Gasteiger partial charge in [0.25, 0.3) is 5.91 Å². The number of ether oxygens (including phenoxy) is 2. The number of amides is 2. The number of hydrazine groups is 1. The van der Waals surface area contributed by atoms with Crippen LogP contribution in [-0.4, -0.2) is 82.8 Å². The van der Waals surface area contributed by atoms with Crippen LogP contribution in [-0.2, 0) is 43.2 Å². The number of aryl methyl sites for hydroxylation is 1. The molecule has 294 valence electrons. The van der Waals surface area contributed by atoms with Crippen molar-refractivity contribution in [3.8, 4) is 22.5 Å². The number of carbonyl (C=O) groups excluding carboxylic acids is 3. The van der Waals surface area contributed by atoms with Crippen LogP contribution in [0.25, 0.3) is 33.4 Å². The van der Waals surface area contributed by atoms with Gasteiger partial charge in [-0.2, -0.15) is 0 Å². The molecular weight excluding hydrogens is 715 g/mol. The van der Waals surface area contributed by atoms with Gasteiger partial charge in [0, 0.05) is 72.2 Å². The number of rotatable bonds is 7. The van der Waals surface area contributed by atoms with E-state index in [-0.39, 0.29) is 42.8 Å². The zero-order valence-electron chi connectivity index (χ0n) is 33.1. The van der Waals surface area contributed by atoms with Crippen LogP contribution in [0.4, 0.5) is 0 Å². The summed E-state index contributed by atoms with van der Waals surface area (Å²) in [6, 6.07) is 9.01. The third kappa shape index (κ3) is 7.94. The van der Waals surface area contributed by atoms with E-state index in [4.69, 9.17) is 19.4 Å². The van der Waals surface area contributed by atoms with Crippen molar-refractivity contribution in [2.24, 2.45) is 23.2 Å². The first-order valence-corrected chi connectivity index (χ1v) is 20.6. The van der Waals surface area contributed by atoms with E-state index in [0.717, 1.165) is 62.8 Å². The van der Waals surface area contributed by atoms with Crippen molar-refractivity contribution < 1.29 is 23.9 Å². The molecular formula is C42H55N7O5S. The van der Waals surface area contributed by atoms with E-state index in [1.807, 2.05) is 18.4 Å². The summed E-state index contributed by atoms with van der Waals surface area (Å²) in [6.45, 7) is 15.3. The number of thiazole rings is 1. The number of nitrogens with one attached hydrogen (secondary N) is 3. The Bertz CT molecular complexity index is 2060. The highest BCUT2D eigenvalue weighted by Crippen LogP contribution is 2.42. The summed E-state index contributed by atoms with van der Waals surface area (Å²) in [5.41, 5.74) is 9.68. The third-order valence-electron chi connectivity index (χ3n) is 11.6. The molecule has 13 heteroatoms. The average molecular weight is 770 g/mol. The number of pyridine rings is 1. The molecule has 1 aromatic carbocycles. The van der Waals surface area contributed by atoms with Gasteiger partial charge in [-0.3, -0.25) is 24.4 Å². The van der Waals surface area contributed by atoms with Crippen molar-refractivity contribution in [2.45, 2.75) is 92.0 Å². The second-order valence-electron chi connectivity index (χ2n) is 16.4. The van der Waals surface area contributed by atoms with Crippen molar-refractivity contribution in [1.82, 2.24) is 35.6 Å². The SMILES string of the molecule is CCn1c(-c2cccnc2[C@H](C)OC)c2c3cc(ccc31)-c1csc(n1)C[C@H](NC(=O)[C@@H]1CNCC1C(C)C)C(=O)N1CCC[C@H](N1)C(=O)OCC(C)(C)C2. The lowest BCUT2D eigenvalue weighted by atomic mass is 9.84. The summed E-state index contributed by atoms with van der Waals surface area (Å²) in [7, 11) is 1.70. The Hall–Kier alpha value is -4.17. The van der Waals surface area contributed by atoms with Gasteiger partial charge in [-0.1, -0.05) is 33.8 Å². The van der Waals surface area contributed by atoms with E-state index in [1.165, 1.54) is 16.3 Å². The molecule has 2 saturated heterocycles. The third-order valence-corrected chi connectivity index (χ3v) is 12.5. The molecule has 3 N–H and O–H groups in total. The zero-order chi connectivity index (χ0) is 39.0. The van der Waals surface area contributed by atoms with Crippen molar-refractivity contribution in [1.29, 1.82) is 0 Å². The molecule has 4 aromatic rings. The summed E-state index contributed by atoms with van der Waals surface area (Å²) >= 11 is 1.49. The van der Waals surface area contributed by atoms with Crippen LogP contribution in [0, 0.1) is 23.2 Å². The zero-order valence-corrected chi connectivity index (χ0v) is 33.9. The van der Waals surface area contributed by atoms with Gasteiger partial charge in [-0.05, 0) is 81.3 Å². The minimum atomic E-state index is -0.863. The van der Waals surface area contributed by atoms with Gasteiger partial charge in [-0.15, -0.1) is 11.3 Å². The summed E-state index contributed by atoms with van der Waals surface area (Å²) in [6.07, 6.45) is 3.60. The molecule has 5 atom stereocenters. The van der Waals surface area contributed by atoms with Gasteiger partial charge >= 0.3 is 5.97 Å². The Morgan fingerprint density at radius 3 is 2.76 bits per heavy atom. The molecule has 7 rings (SSSR count). The minimum absolute atomic E-state index is 0.137. The van der Waals surface area contributed by atoms with Crippen molar-refractivity contribution in [2.75, 3.05) is 33.4 Å². The Balaban J connectivity index is 1.33. The number of aromatic nitrogens is 3. The number of cyclic esters (lactones) is 1. The quantitative estimate of drug-likeness (QED) is 0.202. The number of carbonyl (C=O) groups is 3. The van der Waals surface area contributed by atoms with Crippen LogP contribution in [0.1, 0.15) is 76.8 Å². The van der Waals surface area contributed by atoms with Gasteiger partial charge in [0.1, 0.15) is 12.1 Å². The van der Waals surface area contributed by atoms with Crippen molar-refractivity contribution in [3.05, 3.63) is 58.2 Å². The van der Waals surface area contributed by atoms with Gasteiger partial charge in [-0.25, -0.2) is 10.4 Å². The predicted octanol–water partition coefficient (Wildman–Crippen LogP) is 5.69. The average Bonchev–Trinajstić information content (AvgIpc) is 3.94.